The summed E-state index contributed by atoms with van der Waals surface area (Å²) in [5.74, 6) is -0.929. The van der Waals surface area contributed by atoms with E-state index in [0.717, 1.165) is 0 Å². The van der Waals surface area contributed by atoms with E-state index in [1.54, 1.807) is 43.5 Å². The van der Waals surface area contributed by atoms with Crippen molar-refractivity contribution in [3.63, 3.8) is 0 Å². The number of rotatable bonds is 4. The molecule has 1 N–H and O–H groups in total. The van der Waals surface area contributed by atoms with E-state index in [4.69, 9.17) is 9.57 Å². The third-order valence-corrected chi connectivity index (χ3v) is 3.65. The number of methoxy groups -OCH3 is 1. The number of nitro benzene ring substituents is 1. The lowest BCUT2D eigenvalue weighted by Crippen LogP contribution is -2.25. The number of hydrogen-bond acceptors (Lipinski definition) is 6. The number of oxime groups is 1. The predicted molar refractivity (Wildman–Crippen MR) is 82.2 cm³/mol. The van der Waals surface area contributed by atoms with Crippen LogP contribution in [0.5, 0.6) is 5.75 Å². The molecule has 3 rings (SSSR count). The number of benzene rings is 2. The Morgan fingerprint density at radius 3 is 2.70 bits per heavy atom. The first-order chi connectivity index (χ1) is 11.0. The van der Waals surface area contributed by atoms with Crippen molar-refractivity contribution in [3.8, 4) is 5.75 Å². The molecule has 23 heavy (non-hydrogen) atoms. The number of nitro groups is 1. The van der Waals surface area contributed by atoms with Gasteiger partial charge in [0.25, 0.3) is 11.5 Å². The molecule has 0 bridgehead atoms. The Morgan fingerprint density at radius 2 is 2.04 bits per heavy atom. The molecule has 2 aromatic carbocycles. The van der Waals surface area contributed by atoms with Crippen molar-refractivity contribution < 1.29 is 19.6 Å². The molecule has 7 nitrogen and oxygen atoms in total. The largest absolute Gasteiger partial charge is 0.497 e. The lowest BCUT2D eigenvalue weighted by atomic mass is 9.97. The van der Waals surface area contributed by atoms with Gasteiger partial charge in [0.15, 0.2) is 0 Å². The number of hydrogen-bond donors (Lipinski definition) is 1. The van der Waals surface area contributed by atoms with Gasteiger partial charge in [0.05, 0.1) is 24.2 Å². The molecule has 1 aliphatic rings. The Kier molecular flexibility index (Phi) is 3.71. The van der Waals surface area contributed by atoms with Crippen molar-refractivity contribution in [2.45, 2.75) is 12.2 Å². The SMILES string of the molecule is COc1ccc(C2(O)CC(c3cccc([N+](=O)[O-])c3)=NO2)cc1. The second-order valence-corrected chi connectivity index (χ2v) is 5.13. The summed E-state index contributed by atoms with van der Waals surface area (Å²) in [6, 6.07) is 12.9. The van der Waals surface area contributed by atoms with Crippen molar-refractivity contribution in [1.29, 1.82) is 0 Å². The third-order valence-electron chi connectivity index (χ3n) is 3.65. The van der Waals surface area contributed by atoms with Crippen molar-refractivity contribution in [2.24, 2.45) is 5.16 Å². The fraction of sp³-hybridized carbons (Fsp3) is 0.188. The van der Waals surface area contributed by atoms with Gasteiger partial charge in [-0.05, 0) is 24.3 Å². The average Bonchev–Trinajstić information content (AvgIpc) is 2.99. The van der Waals surface area contributed by atoms with Crippen LogP contribution < -0.4 is 4.74 Å². The summed E-state index contributed by atoms with van der Waals surface area (Å²) in [4.78, 5) is 15.6. The minimum absolute atomic E-state index is 0.0370. The molecule has 7 heteroatoms. The molecule has 0 saturated heterocycles. The molecule has 0 fully saturated rings. The molecule has 118 valence electrons. The zero-order valence-corrected chi connectivity index (χ0v) is 12.3. The summed E-state index contributed by atoms with van der Waals surface area (Å²) in [5.41, 5.74) is 1.49. The van der Waals surface area contributed by atoms with Crippen LogP contribution in [0, 0.1) is 10.1 Å². The number of non-ortho nitro benzene ring substituents is 1. The van der Waals surface area contributed by atoms with Crippen LogP contribution in [0.4, 0.5) is 5.69 Å². The number of ether oxygens (including phenoxy) is 1. The van der Waals surface area contributed by atoms with E-state index >= 15 is 0 Å². The van der Waals surface area contributed by atoms with Crippen molar-refractivity contribution >= 4 is 11.4 Å². The second kappa shape index (κ2) is 5.69. The Labute approximate surface area is 131 Å². The molecule has 0 aromatic heterocycles. The van der Waals surface area contributed by atoms with Crippen LogP contribution in [0.1, 0.15) is 17.5 Å². The van der Waals surface area contributed by atoms with Crippen LogP contribution in [0.3, 0.4) is 0 Å². The van der Waals surface area contributed by atoms with E-state index < -0.39 is 10.7 Å². The Morgan fingerprint density at radius 1 is 1.30 bits per heavy atom. The van der Waals surface area contributed by atoms with Crippen LogP contribution in [0.15, 0.2) is 53.7 Å². The van der Waals surface area contributed by atoms with Gasteiger partial charge in [-0.15, -0.1) is 0 Å². The summed E-state index contributed by atoms with van der Waals surface area (Å²) < 4.78 is 5.08. The number of aliphatic hydroxyl groups is 1. The molecular weight excluding hydrogens is 300 g/mol. The number of nitrogens with zero attached hydrogens (tertiary/aromatic N) is 2. The van der Waals surface area contributed by atoms with Crippen LogP contribution >= 0.6 is 0 Å². The minimum Gasteiger partial charge on any atom is -0.497 e. The van der Waals surface area contributed by atoms with E-state index in [0.29, 0.717) is 22.6 Å². The lowest BCUT2D eigenvalue weighted by molar-refractivity contribution is -0.384. The van der Waals surface area contributed by atoms with Crippen LogP contribution in [-0.2, 0) is 10.6 Å². The van der Waals surface area contributed by atoms with Gasteiger partial charge in [-0.25, -0.2) is 0 Å². The van der Waals surface area contributed by atoms with Gasteiger partial charge in [0, 0.05) is 23.3 Å². The normalized spacial score (nSPS) is 19.8. The summed E-state index contributed by atoms with van der Waals surface area (Å²) in [7, 11) is 1.55. The monoisotopic (exact) mass is 314 g/mol. The molecule has 0 aliphatic carbocycles. The van der Waals surface area contributed by atoms with E-state index in [2.05, 4.69) is 5.16 Å². The second-order valence-electron chi connectivity index (χ2n) is 5.13. The minimum atomic E-state index is -1.59. The van der Waals surface area contributed by atoms with Gasteiger partial charge >= 0.3 is 0 Å². The summed E-state index contributed by atoms with van der Waals surface area (Å²) in [6.45, 7) is 0. The van der Waals surface area contributed by atoms with Crippen LogP contribution in [-0.4, -0.2) is 22.9 Å². The molecule has 1 aliphatic heterocycles. The van der Waals surface area contributed by atoms with Gasteiger partial charge in [0.2, 0.25) is 0 Å². The highest BCUT2D eigenvalue weighted by Crippen LogP contribution is 2.35. The van der Waals surface area contributed by atoms with Gasteiger partial charge in [0.1, 0.15) is 5.75 Å². The first-order valence-corrected chi connectivity index (χ1v) is 6.88. The zero-order valence-electron chi connectivity index (χ0n) is 12.3. The van der Waals surface area contributed by atoms with E-state index in [1.165, 1.54) is 12.1 Å². The standard InChI is InChI=1S/C16H14N2O5/c1-22-14-7-5-12(6-8-14)16(19)10-15(17-23-16)11-3-2-4-13(9-11)18(20)21/h2-9,19H,10H2,1H3. The van der Waals surface area contributed by atoms with Gasteiger partial charge in [-0.2, -0.15) is 0 Å². The molecule has 1 atom stereocenters. The van der Waals surface area contributed by atoms with Crippen LogP contribution in [0.25, 0.3) is 0 Å². The average molecular weight is 314 g/mol. The summed E-state index contributed by atoms with van der Waals surface area (Å²) in [5, 5.41) is 25.4. The first kappa shape index (κ1) is 15.0. The molecule has 1 heterocycles. The van der Waals surface area contributed by atoms with Gasteiger partial charge in [-0.3, -0.25) is 10.1 Å². The van der Waals surface area contributed by atoms with Gasteiger partial charge < -0.3 is 14.7 Å². The molecule has 0 saturated carbocycles. The zero-order chi connectivity index (χ0) is 16.4. The Hall–Kier alpha value is -2.93. The fourth-order valence-corrected chi connectivity index (χ4v) is 2.38. The molecule has 0 radical (unpaired) electrons. The first-order valence-electron chi connectivity index (χ1n) is 6.88. The highest BCUT2D eigenvalue weighted by Gasteiger charge is 2.39. The third kappa shape index (κ3) is 2.86. The highest BCUT2D eigenvalue weighted by atomic mass is 16.7. The molecule has 1 unspecified atom stereocenters. The lowest BCUT2D eigenvalue weighted by Gasteiger charge is -2.20. The maximum Gasteiger partial charge on any atom is 0.270 e. The summed E-state index contributed by atoms with van der Waals surface area (Å²) in [6.07, 6.45) is 0.0977. The fourth-order valence-electron chi connectivity index (χ4n) is 2.38. The van der Waals surface area contributed by atoms with Crippen molar-refractivity contribution in [1.82, 2.24) is 0 Å². The molecule has 0 spiro atoms. The van der Waals surface area contributed by atoms with Crippen molar-refractivity contribution in [2.75, 3.05) is 7.11 Å². The molecule has 2 aromatic rings. The van der Waals surface area contributed by atoms with Crippen LogP contribution in [0.2, 0.25) is 0 Å². The maximum atomic E-state index is 10.9. The molecular formula is C16H14N2O5. The smallest absolute Gasteiger partial charge is 0.270 e. The maximum absolute atomic E-state index is 10.9. The van der Waals surface area contributed by atoms with E-state index in [9.17, 15) is 15.2 Å². The highest BCUT2D eigenvalue weighted by molar-refractivity contribution is 6.02. The topological polar surface area (TPSA) is 94.2 Å². The van der Waals surface area contributed by atoms with E-state index in [-0.39, 0.29) is 12.1 Å². The predicted octanol–water partition coefficient (Wildman–Crippen LogP) is 2.57. The van der Waals surface area contributed by atoms with Crippen molar-refractivity contribution in [3.05, 3.63) is 69.8 Å². The summed E-state index contributed by atoms with van der Waals surface area (Å²) >= 11 is 0. The Balaban J connectivity index is 1.83. The van der Waals surface area contributed by atoms with Gasteiger partial charge in [-0.1, -0.05) is 17.3 Å². The molecule has 0 amide bonds. The van der Waals surface area contributed by atoms with E-state index in [1.807, 2.05) is 0 Å². The quantitative estimate of drug-likeness (QED) is 0.691. The Bertz CT molecular complexity index is 772.